The lowest BCUT2D eigenvalue weighted by molar-refractivity contribution is 0.102. The van der Waals surface area contributed by atoms with E-state index >= 15 is 0 Å². The molecular formula is C15H9ClFN3O. The van der Waals surface area contributed by atoms with E-state index in [1.807, 2.05) is 12.1 Å². The Balaban J connectivity index is 1.99. The van der Waals surface area contributed by atoms with Crippen molar-refractivity contribution in [3.63, 3.8) is 0 Å². The number of hydrogen-bond acceptors (Lipinski definition) is 3. The molecule has 0 saturated heterocycles. The normalized spacial score (nSPS) is 10.6. The molecule has 21 heavy (non-hydrogen) atoms. The fraction of sp³-hybridized carbons (Fsp3) is 0. The lowest BCUT2D eigenvalue weighted by Gasteiger charge is -2.08. The van der Waals surface area contributed by atoms with Gasteiger partial charge >= 0.3 is 0 Å². The van der Waals surface area contributed by atoms with Crippen molar-refractivity contribution in [2.24, 2.45) is 0 Å². The predicted octanol–water partition coefficient (Wildman–Crippen LogP) is 3.67. The Morgan fingerprint density at radius 1 is 1.19 bits per heavy atom. The smallest absolute Gasteiger partial charge is 0.258 e. The Bertz CT molecular complexity index is 833. The second-order valence-corrected chi connectivity index (χ2v) is 4.68. The van der Waals surface area contributed by atoms with Crippen molar-refractivity contribution in [3.8, 4) is 0 Å². The van der Waals surface area contributed by atoms with E-state index in [0.29, 0.717) is 11.2 Å². The summed E-state index contributed by atoms with van der Waals surface area (Å²) in [6.07, 6.45) is 2.59. The molecule has 0 saturated carbocycles. The van der Waals surface area contributed by atoms with Gasteiger partial charge in [-0.05, 0) is 18.2 Å². The number of rotatable bonds is 2. The minimum Gasteiger partial charge on any atom is -0.320 e. The van der Waals surface area contributed by atoms with Crippen LogP contribution in [0.2, 0.25) is 5.15 Å². The molecule has 1 amide bonds. The molecule has 4 nitrogen and oxygen atoms in total. The van der Waals surface area contributed by atoms with Crippen molar-refractivity contribution in [2.45, 2.75) is 0 Å². The molecule has 0 aliphatic carbocycles. The zero-order chi connectivity index (χ0) is 14.8. The van der Waals surface area contributed by atoms with Crippen LogP contribution in [-0.2, 0) is 0 Å². The zero-order valence-electron chi connectivity index (χ0n) is 10.7. The lowest BCUT2D eigenvalue weighted by Crippen LogP contribution is -2.14. The summed E-state index contributed by atoms with van der Waals surface area (Å²) in [5, 5.41) is 3.51. The maximum atomic E-state index is 13.2. The van der Waals surface area contributed by atoms with Crippen LogP contribution in [0.5, 0.6) is 0 Å². The van der Waals surface area contributed by atoms with E-state index in [1.54, 1.807) is 24.4 Å². The average Bonchev–Trinajstić information content (AvgIpc) is 2.50. The summed E-state index contributed by atoms with van der Waals surface area (Å²) in [7, 11) is 0. The summed E-state index contributed by atoms with van der Waals surface area (Å²) in [5.41, 5.74) is 1.15. The number of nitrogens with zero attached hydrogens (tertiary/aromatic N) is 2. The quantitative estimate of drug-likeness (QED) is 0.735. The standard InChI is InChI=1S/C15H9ClFN3O/c16-14-11(7-10(17)8-19-14)15(21)20-12-5-1-3-9-4-2-6-18-13(9)12/h1-8H,(H,20,21). The van der Waals surface area contributed by atoms with Crippen molar-refractivity contribution in [2.75, 3.05) is 5.32 Å². The highest BCUT2D eigenvalue weighted by Gasteiger charge is 2.14. The van der Waals surface area contributed by atoms with Crippen LogP contribution < -0.4 is 5.32 Å². The van der Waals surface area contributed by atoms with Gasteiger partial charge in [0.05, 0.1) is 23.0 Å². The number of fused-ring (bicyclic) bond motifs is 1. The first-order chi connectivity index (χ1) is 10.1. The van der Waals surface area contributed by atoms with E-state index in [4.69, 9.17) is 11.6 Å². The number of halogens is 2. The molecule has 6 heteroatoms. The fourth-order valence-corrected chi connectivity index (χ4v) is 2.17. The van der Waals surface area contributed by atoms with Crippen LogP contribution in [0.1, 0.15) is 10.4 Å². The van der Waals surface area contributed by atoms with E-state index < -0.39 is 11.7 Å². The number of benzene rings is 1. The van der Waals surface area contributed by atoms with E-state index in [9.17, 15) is 9.18 Å². The van der Waals surface area contributed by atoms with Gasteiger partial charge in [0.15, 0.2) is 0 Å². The van der Waals surface area contributed by atoms with E-state index in [-0.39, 0.29) is 10.7 Å². The second-order valence-electron chi connectivity index (χ2n) is 4.33. The molecule has 0 bridgehead atoms. The minimum atomic E-state index is -0.624. The SMILES string of the molecule is O=C(Nc1cccc2cccnc12)c1cc(F)cnc1Cl. The maximum absolute atomic E-state index is 13.2. The van der Waals surface area contributed by atoms with Crippen molar-refractivity contribution in [1.82, 2.24) is 9.97 Å². The summed E-state index contributed by atoms with van der Waals surface area (Å²) < 4.78 is 13.2. The Kier molecular flexibility index (Phi) is 3.50. The number of carbonyl (C=O) groups excluding carboxylic acids is 1. The molecule has 3 aromatic rings. The first-order valence-electron chi connectivity index (χ1n) is 6.11. The van der Waals surface area contributed by atoms with Crippen molar-refractivity contribution in [3.05, 3.63) is 65.3 Å². The highest BCUT2D eigenvalue weighted by molar-refractivity contribution is 6.33. The first-order valence-corrected chi connectivity index (χ1v) is 6.49. The number of aromatic nitrogens is 2. The number of pyridine rings is 2. The molecule has 1 aromatic carbocycles. The number of amides is 1. The predicted molar refractivity (Wildman–Crippen MR) is 78.9 cm³/mol. The van der Waals surface area contributed by atoms with Crippen LogP contribution >= 0.6 is 11.6 Å². The van der Waals surface area contributed by atoms with Crippen LogP contribution in [-0.4, -0.2) is 15.9 Å². The van der Waals surface area contributed by atoms with Gasteiger partial charge in [0.1, 0.15) is 11.0 Å². The number of nitrogens with one attached hydrogen (secondary N) is 1. The molecule has 104 valence electrons. The van der Waals surface area contributed by atoms with E-state index in [0.717, 1.165) is 17.6 Å². The first kappa shape index (κ1) is 13.5. The Morgan fingerprint density at radius 3 is 2.86 bits per heavy atom. The van der Waals surface area contributed by atoms with Gasteiger partial charge in [-0.25, -0.2) is 9.37 Å². The molecule has 3 rings (SSSR count). The molecule has 0 unspecified atom stereocenters. The molecule has 2 heterocycles. The Labute approximate surface area is 124 Å². The molecule has 2 aromatic heterocycles. The van der Waals surface area contributed by atoms with Gasteiger partial charge < -0.3 is 5.32 Å². The van der Waals surface area contributed by atoms with E-state index in [1.165, 1.54) is 0 Å². The third kappa shape index (κ3) is 2.68. The molecule has 0 atom stereocenters. The number of carbonyl (C=O) groups is 1. The summed E-state index contributed by atoms with van der Waals surface area (Å²) >= 11 is 5.82. The third-order valence-corrected chi connectivity index (χ3v) is 3.23. The molecular weight excluding hydrogens is 293 g/mol. The highest BCUT2D eigenvalue weighted by atomic mass is 35.5. The number of para-hydroxylation sites is 1. The lowest BCUT2D eigenvalue weighted by atomic mass is 10.2. The van der Waals surface area contributed by atoms with Crippen molar-refractivity contribution < 1.29 is 9.18 Å². The van der Waals surface area contributed by atoms with Crippen LogP contribution in [0.25, 0.3) is 10.9 Å². The zero-order valence-corrected chi connectivity index (χ0v) is 11.4. The third-order valence-electron chi connectivity index (χ3n) is 2.93. The Hall–Kier alpha value is -2.53. The van der Waals surface area contributed by atoms with Gasteiger partial charge in [-0.3, -0.25) is 9.78 Å². The average molecular weight is 302 g/mol. The van der Waals surface area contributed by atoms with E-state index in [2.05, 4.69) is 15.3 Å². The van der Waals surface area contributed by atoms with Gasteiger partial charge in [-0.2, -0.15) is 0 Å². The van der Waals surface area contributed by atoms with Crippen molar-refractivity contribution >= 4 is 34.1 Å². The molecule has 0 spiro atoms. The van der Waals surface area contributed by atoms with Gasteiger partial charge in [-0.15, -0.1) is 0 Å². The topological polar surface area (TPSA) is 54.9 Å². The molecule has 1 N–H and O–H groups in total. The summed E-state index contributed by atoms with van der Waals surface area (Å²) in [5.74, 6) is -1.16. The molecule has 0 fully saturated rings. The summed E-state index contributed by atoms with van der Waals surface area (Å²) in [6.45, 7) is 0. The van der Waals surface area contributed by atoms with Crippen molar-refractivity contribution in [1.29, 1.82) is 0 Å². The molecule has 0 aliphatic heterocycles. The van der Waals surface area contributed by atoms with Gasteiger partial charge in [-0.1, -0.05) is 29.8 Å². The van der Waals surface area contributed by atoms with Gasteiger partial charge in [0.25, 0.3) is 5.91 Å². The van der Waals surface area contributed by atoms with Crippen LogP contribution in [0.3, 0.4) is 0 Å². The number of hydrogen-bond donors (Lipinski definition) is 1. The summed E-state index contributed by atoms with van der Waals surface area (Å²) in [4.78, 5) is 20.0. The summed E-state index contributed by atoms with van der Waals surface area (Å²) in [6, 6.07) is 10.1. The van der Waals surface area contributed by atoms with Gasteiger partial charge in [0, 0.05) is 11.6 Å². The number of anilines is 1. The largest absolute Gasteiger partial charge is 0.320 e. The van der Waals surface area contributed by atoms with Crippen LogP contribution in [0.4, 0.5) is 10.1 Å². The van der Waals surface area contributed by atoms with Crippen LogP contribution in [0, 0.1) is 5.82 Å². The van der Waals surface area contributed by atoms with Crippen LogP contribution in [0.15, 0.2) is 48.8 Å². The van der Waals surface area contributed by atoms with Gasteiger partial charge in [0.2, 0.25) is 0 Å². The highest BCUT2D eigenvalue weighted by Crippen LogP contribution is 2.22. The maximum Gasteiger partial charge on any atom is 0.258 e. The molecule has 0 aliphatic rings. The second kappa shape index (κ2) is 5.46. The Morgan fingerprint density at radius 2 is 2.00 bits per heavy atom. The minimum absolute atomic E-state index is 0.0235. The monoisotopic (exact) mass is 301 g/mol. The fourth-order valence-electron chi connectivity index (χ4n) is 1.98. The molecule has 0 radical (unpaired) electrons.